The number of hydrogen-bond donors (Lipinski definition) is 1. The van der Waals surface area contributed by atoms with Crippen molar-refractivity contribution in [3.05, 3.63) is 72.4 Å². The van der Waals surface area contributed by atoms with Crippen LogP contribution in [0, 0.1) is 0 Å². The van der Waals surface area contributed by atoms with Gasteiger partial charge in [0.25, 0.3) is 5.91 Å². The smallest absolute Gasteiger partial charge is 0.260 e. The van der Waals surface area contributed by atoms with Crippen LogP contribution < -0.4 is 4.74 Å². The number of hydrogen-bond acceptors (Lipinski definition) is 5. The summed E-state index contributed by atoms with van der Waals surface area (Å²) < 4.78 is 5.82. The van der Waals surface area contributed by atoms with Crippen molar-refractivity contribution >= 4 is 16.7 Å². The minimum Gasteiger partial charge on any atom is -0.467 e. The van der Waals surface area contributed by atoms with E-state index in [9.17, 15) is 9.90 Å². The molecule has 1 aromatic heterocycles. The van der Waals surface area contributed by atoms with Crippen LogP contribution in [0.5, 0.6) is 5.88 Å². The number of aliphatic hydroxyl groups excluding tert-OH is 1. The first-order chi connectivity index (χ1) is 14.6. The number of aromatic nitrogens is 1. The van der Waals surface area contributed by atoms with E-state index < -0.39 is 0 Å². The summed E-state index contributed by atoms with van der Waals surface area (Å²) in [6.07, 6.45) is 2.18. The van der Waals surface area contributed by atoms with Gasteiger partial charge in [-0.05, 0) is 29.5 Å². The number of fused-ring (bicyclic) bond motifs is 1. The lowest BCUT2D eigenvalue weighted by Crippen LogP contribution is -2.41. The van der Waals surface area contributed by atoms with Gasteiger partial charge in [-0.2, -0.15) is 0 Å². The first-order valence-corrected chi connectivity index (χ1v) is 10.3. The maximum atomic E-state index is 13.0. The van der Waals surface area contributed by atoms with Crippen molar-refractivity contribution in [2.75, 3.05) is 33.3 Å². The van der Waals surface area contributed by atoms with Gasteiger partial charge in [0, 0.05) is 38.3 Å². The van der Waals surface area contributed by atoms with Crippen LogP contribution in [0.1, 0.15) is 18.0 Å². The number of carbonyl (C=O) groups excluding carboxylic acids is 1. The number of carbonyl (C=O) groups is 1. The number of aliphatic hydroxyl groups is 1. The Kier molecular flexibility index (Phi) is 6.26. The molecule has 4 rings (SSSR count). The molecule has 1 saturated heterocycles. The minimum atomic E-state index is -0.289. The Balaban J connectivity index is 1.47. The molecule has 2 heterocycles. The highest BCUT2D eigenvalue weighted by Gasteiger charge is 2.28. The lowest BCUT2D eigenvalue weighted by Gasteiger charge is -2.32. The first-order valence-electron chi connectivity index (χ1n) is 10.3. The molecule has 1 N–H and O–H groups in total. The zero-order valence-electron chi connectivity index (χ0n) is 17.1. The van der Waals surface area contributed by atoms with Crippen molar-refractivity contribution in [3.8, 4) is 5.88 Å². The van der Waals surface area contributed by atoms with Gasteiger partial charge in [0.15, 0.2) is 6.61 Å². The highest BCUT2D eigenvalue weighted by atomic mass is 16.5. The third-order valence-electron chi connectivity index (χ3n) is 5.69. The van der Waals surface area contributed by atoms with Gasteiger partial charge in [-0.15, -0.1) is 0 Å². The molecular formula is C24H27N3O3. The van der Waals surface area contributed by atoms with Crippen molar-refractivity contribution in [3.63, 3.8) is 0 Å². The standard InChI is InChI=1S/C24H27N3O3/c1-26(22(19-8-3-2-4-9-19)16-27-14-12-20(28)15-27)23(29)17-30-24-21-10-6-5-7-18(21)11-13-25-24/h2-11,13,20,22,28H,12,14-17H2,1H3/t20-,22?/m0/s1. The van der Waals surface area contributed by atoms with Crippen LogP contribution in [0.2, 0.25) is 0 Å². The van der Waals surface area contributed by atoms with Crippen LogP contribution in [0.25, 0.3) is 10.8 Å². The van der Waals surface area contributed by atoms with Crippen molar-refractivity contribution in [2.24, 2.45) is 0 Å². The molecule has 0 spiro atoms. The fourth-order valence-corrected chi connectivity index (χ4v) is 3.96. The van der Waals surface area contributed by atoms with Crippen molar-refractivity contribution in [2.45, 2.75) is 18.6 Å². The van der Waals surface area contributed by atoms with Gasteiger partial charge in [0.05, 0.1) is 12.1 Å². The molecule has 1 fully saturated rings. The molecule has 1 amide bonds. The van der Waals surface area contributed by atoms with Crippen molar-refractivity contribution in [1.29, 1.82) is 0 Å². The number of likely N-dealkylation sites (tertiary alicyclic amines) is 1. The maximum absolute atomic E-state index is 13.0. The number of amides is 1. The zero-order valence-corrected chi connectivity index (χ0v) is 17.1. The summed E-state index contributed by atoms with van der Waals surface area (Å²) in [5.74, 6) is 0.354. The molecule has 1 aliphatic heterocycles. The van der Waals surface area contributed by atoms with E-state index in [4.69, 9.17) is 4.74 Å². The molecule has 30 heavy (non-hydrogen) atoms. The van der Waals surface area contributed by atoms with Gasteiger partial charge in [-0.3, -0.25) is 9.69 Å². The number of rotatable bonds is 7. The molecule has 2 atom stereocenters. The second kappa shape index (κ2) is 9.24. The summed E-state index contributed by atoms with van der Waals surface area (Å²) in [4.78, 5) is 21.3. The molecule has 0 saturated carbocycles. The lowest BCUT2D eigenvalue weighted by atomic mass is 10.0. The van der Waals surface area contributed by atoms with Crippen LogP contribution in [-0.2, 0) is 4.79 Å². The van der Waals surface area contributed by atoms with E-state index in [1.807, 2.05) is 67.7 Å². The highest BCUT2D eigenvalue weighted by molar-refractivity contribution is 5.87. The predicted octanol–water partition coefficient (Wildman–Crippen LogP) is 2.88. The average Bonchev–Trinajstić information content (AvgIpc) is 3.20. The third kappa shape index (κ3) is 4.61. The number of benzene rings is 2. The van der Waals surface area contributed by atoms with Gasteiger partial charge >= 0.3 is 0 Å². The number of nitrogens with zero attached hydrogens (tertiary/aromatic N) is 3. The number of ether oxygens (including phenoxy) is 1. The van der Waals surface area contributed by atoms with Gasteiger partial charge < -0.3 is 14.7 Å². The average molecular weight is 405 g/mol. The summed E-state index contributed by atoms with van der Waals surface area (Å²) in [5, 5.41) is 11.8. The van der Waals surface area contributed by atoms with Gasteiger partial charge in [0.1, 0.15) is 0 Å². The monoisotopic (exact) mass is 405 g/mol. The molecule has 3 aromatic rings. The third-order valence-corrected chi connectivity index (χ3v) is 5.69. The Hall–Kier alpha value is -2.96. The molecule has 2 aromatic carbocycles. The highest BCUT2D eigenvalue weighted by Crippen LogP contribution is 2.25. The summed E-state index contributed by atoms with van der Waals surface area (Å²) in [7, 11) is 1.81. The van der Waals surface area contributed by atoms with Gasteiger partial charge in [0.2, 0.25) is 5.88 Å². The van der Waals surface area contributed by atoms with E-state index in [1.54, 1.807) is 11.1 Å². The SMILES string of the molecule is CN(C(=O)COc1nccc2ccccc12)C(CN1CC[C@H](O)C1)c1ccccc1. The molecule has 0 radical (unpaired) electrons. The molecule has 0 aliphatic carbocycles. The first kappa shape index (κ1) is 20.3. The van der Waals surface area contributed by atoms with E-state index in [0.29, 0.717) is 19.0 Å². The summed E-state index contributed by atoms with van der Waals surface area (Å²) >= 11 is 0. The van der Waals surface area contributed by atoms with Crippen molar-refractivity contribution < 1.29 is 14.6 Å². The molecule has 6 heteroatoms. The molecule has 0 bridgehead atoms. The van der Waals surface area contributed by atoms with Crippen LogP contribution in [0.3, 0.4) is 0 Å². The number of pyridine rings is 1. The topological polar surface area (TPSA) is 65.9 Å². The fourth-order valence-electron chi connectivity index (χ4n) is 3.96. The Morgan fingerprint density at radius 3 is 2.73 bits per heavy atom. The number of likely N-dealkylation sites (N-methyl/N-ethyl adjacent to an activating group) is 1. The van der Waals surface area contributed by atoms with Crippen LogP contribution >= 0.6 is 0 Å². The summed E-state index contributed by atoms with van der Waals surface area (Å²) in [6.45, 7) is 2.07. The normalized spacial score (nSPS) is 17.7. The van der Waals surface area contributed by atoms with E-state index in [2.05, 4.69) is 9.88 Å². The van der Waals surface area contributed by atoms with Crippen LogP contribution in [0.15, 0.2) is 66.9 Å². The van der Waals surface area contributed by atoms with Gasteiger partial charge in [-0.1, -0.05) is 48.5 Å². The summed E-state index contributed by atoms with van der Waals surface area (Å²) in [5.41, 5.74) is 1.07. The molecular weight excluding hydrogens is 378 g/mol. The molecule has 156 valence electrons. The van der Waals surface area contributed by atoms with Crippen LogP contribution in [-0.4, -0.2) is 65.2 Å². The maximum Gasteiger partial charge on any atom is 0.260 e. The molecule has 6 nitrogen and oxygen atoms in total. The fraction of sp³-hybridized carbons (Fsp3) is 0.333. The largest absolute Gasteiger partial charge is 0.467 e. The lowest BCUT2D eigenvalue weighted by molar-refractivity contribution is -0.134. The zero-order chi connectivity index (χ0) is 20.9. The second-order valence-electron chi connectivity index (χ2n) is 7.76. The molecule has 1 unspecified atom stereocenters. The van der Waals surface area contributed by atoms with Crippen molar-refractivity contribution in [1.82, 2.24) is 14.8 Å². The van der Waals surface area contributed by atoms with Crippen LogP contribution in [0.4, 0.5) is 0 Å². The predicted molar refractivity (Wildman–Crippen MR) is 116 cm³/mol. The Morgan fingerprint density at radius 2 is 1.97 bits per heavy atom. The van der Waals surface area contributed by atoms with E-state index >= 15 is 0 Å². The Morgan fingerprint density at radius 1 is 1.20 bits per heavy atom. The van der Waals surface area contributed by atoms with E-state index in [-0.39, 0.29) is 24.7 Å². The number of β-amino-alcohol motifs (C(OH)–C–C–N with tert-alkyl or cyclic N) is 1. The summed E-state index contributed by atoms with van der Waals surface area (Å²) in [6, 6.07) is 19.6. The quantitative estimate of drug-likeness (QED) is 0.655. The van der Waals surface area contributed by atoms with Gasteiger partial charge in [-0.25, -0.2) is 4.98 Å². The molecule has 1 aliphatic rings. The second-order valence-corrected chi connectivity index (χ2v) is 7.76. The minimum absolute atomic E-state index is 0.0799. The Bertz CT molecular complexity index is 990. The Labute approximate surface area is 176 Å². The van der Waals surface area contributed by atoms with E-state index in [0.717, 1.165) is 29.3 Å². The van der Waals surface area contributed by atoms with E-state index in [1.165, 1.54) is 0 Å².